The van der Waals surface area contributed by atoms with Crippen LogP contribution in [-0.4, -0.2) is 32.3 Å². The Bertz CT molecular complexity index is 181. The number of rotatable bonds is 5. The molecule has 12 heavy (non-hydrogen) atoms. The number of carboxylic acids is 1. The van der Waals surface area contributed by atoms with Gasteiger partial charge in [0.2, 0.25) is 0 Å². The molecule has 72 valence electrons. The lowest BCUT2D eigenvalue weighted by Crippen LogP contribution is -2.32. The molecule has 0 aromatic carbocycles. The fourth-order valence-corrected chi connectivity index (χ4v) is 1.56. The molecular formula is C7H15NO3S. The number of aliphatic carboxylic acids is 1. The molecule has 0 radical (unpaired) electrons. The monoisotopic (exact) mass is 193 g/mol. The van der Waals surface area contributed by atoms with Crippen LogP contribution in [0.2, 0.25) is 0 Å². The molecule has 3 N–H and O–H groups in total. The first-order valence-corrected chi connectivity index (χ1v) is 5.19. The maximum Gasteiger partial charge on any atom is 0.320 e. The van der Waals surface area contributed by atoms with Crippen molar-refractivity contribution in [2.75, 3.05) is 5.75 Å². The van der Waals surface area contributed by atoms with Crippen molar-refractivity contribution in [3.8, 4) is 0 Å². The number of nitrogens with two attached hydrogens (primary N) is 1. The third-order valence-corrected chi connectivity index (χ3v) is 3.16. The first kappa shape index (κ1) is 11.6. The summed E-state index contributed by atoms with van der Waals surface area (Å²) in [6, 6.07) is -0.882. The third kappa shape index (κ3) is 4.46. The molecule has 0 saturated heterocycles. The summed E-state index contributed by atoms with van der Waals surface area (Å²) >= 11 is 0. The zero-order chi connectivity index (χ0) is 9.72. The van der Waals surface area contributed by atoms with Gasteiger partial charge in [0, 0.05) is 21.8 Å². The fourth-order valence-electron chi connectivity index (χ4n) is 0.602. The minimum atomic E-state index is -1.03. The molecule has 0 rings (SSSR count). The molecule has 0 aliphatic heterocycles. The van der Waals surface area contributed by atoms with E-state index in [0.717, 1.165) is 0 Å². The van der Waals surface area contributed by atoms with E-state index in [4.69, 9.17) is 10.8 Å². The summed E-state index contributed by atoms with van der Waals surface area (Å²) in [6.45, 7) is 3.67. The predicted octanol–water partition coefficient (Wildman–Crippen LogP) is -0.0545. The standard InChI is InChI=1S/C7H15NO3S/c1-5(2)12(11)4-3-6(8)7(9)10/h5-6H,3-4,8H2,1-2H3,(H,9,10)/t6-,12-/m0/s1. The third-order valence-electron chi connectivity index (χ3n) is 1.47. The molecule has 0 spiro atoms. The van der Waals surface area contributed by atoms with E-state index in [1.807, 2.05) is 13.8 Å². The summed E-state index contributed by atoms with van der Waals surface area (Å²) in [4.78, 5) is 10.3. The second kappa shape index (κ2) is 5.27. The second-order valence-electron chi connectivity index (χ2n) is 2.87. The summed E-state index contributed by atoms with van der Waals surface area (Å²) in [7, 11) is -0.952. The van der Waals surface area contributed by atoms with E-state index in [1.54, 1.807) is 0 Å². The van der Waals surface area contributed by atoms with Crippen LogP contribution >= 0.6 is 0 Å². The van der Waals surface area contributed by atoms with E-state index in [1.165, 1.54) is 0 Å². The van der Waals surface area contributed by atoms with Crippen LogP contribution in [0.15, 0.2) is 0 Å². The molecule has 0 unspecified atom stereocenters. The zero-order valence-electron chi connectivity index (χ0n) is 7.32. The van der Waals surface area contributed by atoms with E-state index in [0.29, 0.717) is 5.75 Å². The van der Waals surface area contributed by atoms with Crippen LogP contribution < -0.4 is 5.73 Å². The van der Waals surface area contributed by atoms with Crippen molar-refractivity contribution in [1.82, 2.24) is 0 Å². The zero-order valence-corrected chi connectivity index (χ0v) is 8.13. The van der Waals surface area contributed by atoms with Gasteiger partial charge in [0.15, 0.2) is 0 Å². The maximum atomic E-state index is 11.1. The normalized spacial score (nSPS) is 16.0. The van der Waals surface area contributed by atoms with Gasteiger partial charge in [-0.1, -0.05) is 13.8 Å². The highest BCUT2D eigenvalue weighted by Gasteiger charge is 2.13. The number of hydrogen-bond acceptors (Lipinski definition) is 3. The van der Waals surface area contributed by atoms with Crippen LogP contribution in [0.3, 0.4) is 0 Å². The highest BCUT2D eigenvalue weighted by Crippen LogP contribution is 1.98. The SMILES string of the molecule is CC(C)[S@@](=O)CC[C@H](N)C(=O)O. The minimum absolute atomic E-state index is 0.0750. The van der Waals surface area contributed by atoms with Crippen molar-refractivity contribution in [3.63, 3.8) is 0 Å². The Morgan fingerprint density at radius 1 is 1.58 bits per heavy atom. The molecule has 0 aliphatic carbocycles. The van der Waals surface area contributed by atoms with Crippen molar-refractivity contribution in [2.24, 2.45) is 5.73 Å². The van der Waals surface area contributed by atoms with Crippen LogP contribution in [0.1, 0.15) is 20.3 Å². The predicted molar refractivity (Wildman–Crippen MR) is 48.4 cm³/mol. The molecule has 0 fully saturated rings. The summed E-state index contributed by atoms with van der Waals surface area (Å²) in [5.41, 5.74) is 5.23. The van der Waals surface area contributed by atoms with E-state index < -0.39 is 22.8 Å². The van der Waals surface area contributed by atoms with Crippen LogP contribution in [0.25, 0.3) is 0 Å². The Hall–Kier alpha value is -0.420. The molecule has 0 heterocycles. The molecule has 0 aromatic rings. The topological polar surface area (TPSA) is 80.4 Å². The molecule has 0 amide bonds. The van der Waals surface area contributed by atoms with Gasteiger partial charge < -0.3 is 10.8 Å². The van der Waals surface area contributed by atoms with E-state index >= 15 is 0 Å². The summed E-state index contributed by atoms with van der Waals surface area (Å²) in [5, 5.41) is 8.48. The quantitative estimate of drug-likeness (QED) is 0.641. The molecule has 0 aromatic heterocycles. The molecule has 2 atom stereocenters. The first-order valence-electron chi connectivity index (χ1n) is 3.80. The van der Waals surface area contributed by atoms with Crippen molar-refractivity contribution < 1.29 is 14.1 Å². The van der Waals surface area contributed by atoms with Gasteiger partial charge in [0.1, 0.15) is 6.04 Å². The maximum absolute atomic E-state index is 11.1. The Balaban J connectivity index is 3.69. The fraction of sp³-hybridized carbons (Fsp3) is 0.857. The lowest BCUT2D eigenvalue weighted by atomic mass is 10.2. The number of hydrogen-bond donors (Lipinski definition) is 2. The largest absolute Gasteiger partial charge is 0.480 e. The minimum Gasteiger partial charge on any atom is -0.480 e. The van der Waals surface area contributed by atoms with E-state index in [9.17, 15) is 9.00 Å². The Kier molecular flexibility index (Phi) is 5.08. The highest BCUT2D eigenvalue weighted by atomic mass is 32.2. The van der Waals surface area contributed by atoms with Gasteiger partial charge in [-0.2, -0.15) is 0 Å². The van der Waals surface area contributed by atoms with Crippen LogP contribution in [0.4, 0.5) is 0 Å². The molecule has 0 bridgehead atoms. The van der Waals surface area contributed by atoms with Crippen LogP contribution in [0, 0.1) is 0 Å². The molecule has 5 heteroatoms. The lowest BCUT2D eigenvalue weighted by molar-refractivity contribution is -0.138. The Labute approximate surface area is 74.6 Å². The van der Waals surface area contributed by atoms with Crippen LogP contribution in [-0.2, 0) is 15.6 Å². The lowest BCUT2D eigenvalue weighted by Gasteiger charge is -2.07. The summed E-state index contributed by atoms with van der Waals surface area (Å²) in [6.07, 6.45) is 0.278. The summed E-state index contributed by atoms with van der Waals surface area (Å²) in [5.74, 6) is -0.666. The Morgan fingerprint density at radius 3 is 2.42 bits per heavy atom. The Morgan fingerprint density at radius 2 is 2.08 bits per heavy atom. The molecular weight excluding hydrogens is 178 g/mol. The van der Waals surface area contributed by atoms with Crippen molar-refractivity contribution in [3.05, 3.63) is 0 Å². The smallest absolute Gasteiger partial charge is 0.320 e. The molecule has 4 nitrogen and oxygen atoms in total. The van der Waals surface area contributed by atoms with Gasteiger partial charge in [-0.15, -0.1) is 0 Å². The highest BCUT2D eigenvalue weighted by molar-refractivity contribution is 7.85. The van der Waals surface area contributed by atoms with Gasteiger partial charge in [-0.05, 0) is 6.42 Å². The van der Waals surface area contributed by atoms with Crippen molar-refractivity contribution in [2.45, 2.75) is 31.6 Å². The van der Waals surface area contributed by atoms with Gasteiger partial charge in [-0.3, -0.25) is 9.00 Å². The van der Waals surface area contributed by atoms with E-state index in [2.05, 4.69) is 0 Å². The van der Waals surface area contributed by atoms with E-state index in [-0.39, 0.29) is 11.7 Å². The van der Waals surface area contributed by atoms with Gasteiger partial charge >= 0.3 is 5.97 Å². The van der Waals surface area contributed by atoms with Gasteiger partial charge in [-0.25, -0.2) is 0 Å². The number of carboxylic acid groups (broad SMARTS) is 1. The molecule has 0 saturated carbocycles. The second-order valence-corrected chi connectivity index (χ2v) is 4.98. The van der Waals surface area contributed by atoms with Crippen molar-refractivity contribution >= 4 is 16.8 Å². The average molecular weight is 193 g/mol. The summed E-state index contributed by atoms with van der Waals surface area (Å²) < 4.78 is 11.1. The van der Waals surface area contributed by atoms with Gasteiger partial charge in [0.25, 0.3) is 0 Å². The first-order chi connectivity index (χ1) is 5.45. The molecule has 0 aliphatic rings. The average Bonchev–Trinajstić information content (AvgIpc) is 1.98. The van der Waals surface area contributed by atoms with Gasteiger partial charge in [0.05, 0.1) is 0 Å². The van der Waals surface area contributed by atoms with Crippen LogP contribution in [0.5, 0.6) is 0 Å². The van der Waals surface area contributed by atoms with Crippen molar-refractivity contribution in [1.29, 1.82) is 0 Å². The number of carbonyl (C=O) groups is 1.